The molecule has 1 atom stereocenters. The summed E-state index contributed by atoms with van der Waals surface area (Å²) in [5.74, 6) is -0.167. The SMILES string of the molecule is CC(=O)Oc1c(-c2ccc(F)cc2)nn2c1CCC2C. The molecule has 1 aromatic heterocycles. The Labute approximate surface area is 116 Å². The van der Waals surface area contributed by atoms with Crippen LogP contribution in [0.4, 0.5) is 4.39 Å². The Hall–Kier alpha value is -2.17. The van der Waals surface area contributed by atoms with E-state index in [0.717, 1.165) is 24.1 Å². The Bertz CT molecular complexity index is 661. The molecule has 0 amide bonds. The van der Waals surface area contributed by atoms with Gasteiger partial charge in [-0.1, -0.05) is 0 Å². The monoisotopic (exact) mass is 274 g/mol. The molecule has 104 valence electrons. The van der Waals surface area contributed by atoms with Gasteiger partial charge < -0.3 is 4.74 Å². The van der Waals surface area contributed by atoms with Crippen LogP contribution in [0.2, 0.25) is 0 Å². The third-order valence-electron chi connectivity index (χ3n) is 3.54. The average Bonchev–Trinajstić information content (AvgIpc) is 2.92. The number of carbonyl (C=O) groups excluding carboxylic acids is 1. The molecular formula is C15H15FN2O2. The van der Waals surface area contributed by atoms with Gasteiger partial charge in [0.15, 0.2) is 5.75 Å². The van der Waals surface area contributed by atoms with Crippen molar-refractivity contribution in [2.75, 3.05) is 0 Å². The molecule has 0 saturated heterocycles. The zero-order chi connectivity index (χ0) is 14.3. The molecule has 1 aliphatic heterocycles. The lowest BCUT2D eigenvalue weighted by atomic mass is 10.1. The predicted octanol–water partition coefficient (Wildman–Crippen LogP) is 3.12. The lowest BCUT2D eigenvalue weighted by Gasteiger charge is -2.04. The molecule has 3 rings (SSSR count). The summed E-state index contributed by atoms with van der Waals surface area (Å²) in [4.78, 5) is 11.3. The van der Waals surface area contributed by atoms with Crippen molar-refractivity contribution in [3.05, 3.63) is 35.8 Å². The van der Waals surface area contributed by atoms with Crippen molar-refractivity contribution in [2.45, 2.75) is 32.7 Å². The van der Waals surface area contributed by atoms with Gasteiger partial charge in [-0.2, -0.15) is 5.10 Å². The maximum absolute atomic E-state index is 13.0. The van der Waals surface area contributed by atoms with Gasteiger partial charge in [0, 0.05) is 18.5 Å². The summed E-state index contributed by atoms with van der Waals surface area (Å²) in [6.07, 6.45) is 1.82. The topological polar surface area (TPSA) is 44.1 Å². The van der Waals surface area contributed by atoms with E-state index in [9.17, 15) is 9.18 Å². The largest absolute Gasteiger partial charge is 0.422 e. The van der Waals surface area contributed by atoms with E-state index in [2.05, 4.69) is 12.0 Å². The molecule has 20 heavy (non-hydrogen) atoms. The molecule has 0 N–H and O–H groups in total. The molecule has 2 heterocycles. The van der Waals surface area contributed by atoms with Gasteiger partial charge in [-0.05, 0) is 44.0 Å². The van der Waals surface area contributed by atoms with Crippen molar-refractivity contribution >= 4 is 5.97 Å². The third kappa shape index (κ3) is 2.09. The van der Waals surface area contributed by atoms with E-state index in [1.165, 1.54) is 19.1 Å². The van der Waals surface area contributed by atoms with Crippen LogP contribution in [0.25, 0.3) is 11.3 Å². The van der Waals surface area contributed by atoms with Crippen molar-refractivity contribution in [1.82, 2.24) is 9.78 Å². The first-order chi connectivity index (χ1) is 9.56. The zero-order valence-electron chi connectivity index (χ0n) is 11.4. The van der Waals surface area contributed by atoms with E-state index in [1.54, 1.807) is 12.1 Å². The predicted molar refractivity (Wildman–Crippen MR) is 72.0 cm³/mol. The van der Waals surface area contributed by atoms with Crippen LogP contribution < -0.4 is 4.74 Å². The molecule has 1 aliphatic rings. The van der Waals surface area contributed by atoms with Crippen LogP contribution in [-0.4, -0.2) is 15.7 Å². The fraction of sp³-hybridized carbons (Fsp3) is 0.333. The third-order valence-corrected chi connectivity index (χ3v) is 3.54. The highest BCUT2D eigenvalue weighted by atomic mass is 19.1. The maximum atomic E-state index is 13.0. The molecule has 0 aliphatic carbocycles. The van der Waals surface area contributed by atoms with Gasteiger partial charge in [0.1, 0.15) is 11.5 Å². The van der Waals surface area contributed by atoms with Crippen LogP contribution in [0.15, 0.2) is 24.3 Å². The van der Waals surface area contributed by atoms with E-state index < -0.39 is 0 Å². The minimum Gasteiger partial charge on any atom is -0.422 e. The molecule has 0 bridgehead atoms. The highest BCUT2D eigenvalue weighted by molar-refractivity contribution is 5.75. The first-order valence-electron chi connectivity index (χ1n) is 6.62. The Balaban J connectivity index is 2.12. The fourth-order valence-electron chi connectivity index (χ4n) is 2.56. The molecular weight excluding hydrogens is 259 g/mol. The number of rotatable bonds is 2. The zero-order valence-corrected chi connectivity index (χ0v) is 11.4. The van der Waals surface area contributed by atoms with Gasteiger partial charge in [0.05, 0.1) is 5.69 Å². The molecule has 1 unspecified atom stereocenters. The Morgan fingerprint density at radius 2 is 2.10 bits per heavy atom. The normalized spacial score (nSPS) is 17.1. The first-order valence-corrected chi connectivity index (χ1v) is 6.62. The second-order valence-corrected chi connectivity index (χ2v) is 5.06. The Kier molecular flexibility index (Phi) is 3.04. The van der Waals surface area contributed by atoms with E-state index in [1.807, 2.05) is 4.68 Å². The van der Waals surface area contributed by atoms with Gasteiger partial charge in [0.25, 0.3) is 0 Å². The van der Waals surface area contributed by atoms with Crippen molar-refractivity contribution in [2.24, 2.45) is 0 Å². The summed E-state index contributed by atoms with van der Waals surface area (Å²) in [6.45, 7) is 3.45. The average molecular weight is 274 g/mol. The van der Waals surface area contributed by atoms with E-state index >= 15 is 0 Å². The molecule has 0 fully saturated rings. The second kappa shape index (κ2) is 4.74. The van der Waals surface area contributed by atoms with Crippen molar-refractivity contribution in [1.29, 1.82) is 0 Å². The van der Waals surface area contributed by atoms with E-state index in [0.29, 0.717) is 11.4 Å². The fourth-order valence-corrected chi connectivity index (χ4v) is 2.56. The summed E-state index contributed by atoms with van der Waals surface area (Å²) in [5.41, 5.74) is 2.28. The number of esters is 1. The number of carbonyl (C=O) groups is 1. The number of ether oxygens (including phenoxy) is 1. The van der Waals surface area contributed by atoms with Gasteiger partial charge in [0.2, 0.25) is 0 Å². The summed E-state index contributed by atoms with van der Waals surface area (Å²) >= 11 is 0. The van der Waals surface area contributed by atoms with Crippen molar-refractivity contribution in [3.8, 4) is 17.0 Å². The lowest BCUT2D eigenvalue weighted by Crippen LogP contribution is -2.03. The first kappa shape index (κ1) is 12.8. The molecule has 0 spiro atoms. The summed E-state index contributed by atoms with van der Waals surface area (Å²) in [6, 6.07) is 6.32. The van der Waals surface area contributed by atoms with E-state index in [4.69, 9.17) is 4.74 Å². The maximum Gasteiger partial charge on any atom is 0.308 e. The van der Waals surface area contributed by atoms with Crippen LogP contribution in [0.3, 0.4) is 0 Å². The second-order valence-electron chi connectivity index (χ2n) is 5.06. The quantitative estimate of drug-likeness (QED) is 0.790. The van der Waals surface area contributed by atoms with E-state index in [-0.39, 0.29) is 17.8 Å². The lowest BCUT2D eigenvalue weighted by molar-refractivity contribution is -0.131. The number of hydrogen-bond acceptors (Lipinski definition) is 3. The smallest absolute Gasteiger partial charge is 0.308 e. The van der Waals surface area contributed by atoms with Crippen molar-refractivity contribution < 1.29 is 13.9 Å². The van der Waals surface area contributed by atoms with Gasteiger partial charge >= 0.3 is 5.97 Å². The number of fused-ring (bicyclic) bond motifs is 1. The molecule has 5 heteroatoms. The van der Waals surface area contributed by atoms with Gasteiger partial charge in [-0.15, -0.1) is 0 Å². The number of aromatic nitrogens is 2. The number of hydrogen-bond donors (Lipinski definition) is 0. The summed E-state index contributed by atoms with van der Waals surface area (Å²) < 4.78 is 20.3. The molecule has 2 aromatic rings. The molecule has 0 radical (unpaired) electrons. The van der Waals surface area contributed by atoms with Crippen LogP contribution in [0, 0.1) is 5.82 Å². The molecule has 0 saturated carbocycles. The standard InChI is InChI=1S/C15H15FN2O2/c1-9-3-8-13-15(20-10(2)19)14(17-18(9)13)11-4-6-12(16)7-5-11/h4-7,9H,3,8H2,1-2H3. The minimum absolute atomic E-state index is 0.286. The highest BCUT2D eigenvalue weighted by Gasteiger charge is 2.28. The van der Waals surface area contributed by atoms with Crippen LogP contribution in [-0.2, 0) is 11.2 Å². The number of halogens is 1. The number of nitrogens with zero attached hydrogens (tertiary/aromatic N) is 2. The van der Waals surface area contributed by atoms with Crippen LogP contribution in [0.1, 0.15) is 32.0 Å². The van der Waals surface area contributed by atoms with Gasteiger partial charge in [-0.25, -0.2) is 4.39 Å². The van der Waals surface area contributed by atoms with Crippen molar-refractivity contribution in [3.63, 3.8) is 0 Å². The number of benzene rings is 1. The Morgan fingerprint density at radius 3 is 2.75 bits per heavy atom. The highest BCUT2D eigenvalue weighted by Crippen LogP contribution is 2.39. The minimum atomic E-state index is -0.372. The molecule has 1 aromatic carbocycles. The molecule has 4 nitrogen and oxygen atoms in total. The summed E-state index contributed by atoms with van der Waals surface area (Å²) in [7, 11) is 0. The van der Waals surface area contributed by atoms with Gasteiger partial charge in [-0.3, -0.25) is 9.48 Å². The van der Waals surface area contributed by atoms with Crippen LogP contribution >= 0.6 is 0 Å². The van der Waals surface area contributed by atoms with Crippen LogP contribution in [0.5, 0.6) is 5.75 Å². The summed E-state index contributed by atoms with van der Waals surface area (Å²) in [5, 5.41) is 4.54. The Morgan fingerprint density at radius 1 is 1.40 bits per heavy atom.